The summed E-state index contributed by atoms with van der Waals surface area (Å²) in [4.78, 5) is 20.4. The highest BCUT2D eigenvalue weighted by atomic mass is 32.1. The quantitative estimate of drug-likeness (QED) is 0.680. The summed E-state index contributed by atoms with van der Waals surface area (Å²) in [6, 6.07) is 1.64. The summed E-state index contributed by atoms with van der Waals surface area (Å²) in [6.45, 7) is 3.59. The zero-order valence-corrected chi connectivity index (χ0v) is 11.8. The summed E-state index contributed by atoms with van der Waals surface area (Å²) in [6.07, 6.45) is 2.12. The SMILES string of the molecule is Cc1cc(C(N)=S)nc(NC(C)C(=O)NC2CC2)n1. The predicted octanol–water partition coefficient (Wildman–Crippen LogP) is 0.498. The Bertz CT molecular complexity index is 515. The third-order valence-corrected chi connectivity index (χ3v) is 2.98. The molecule has 1 aliphatic carbocycles. The van der Waals surface area contributed by atoms with E-state index in [-0.39, 0.29) is 10.9 Å². The number of anilines is 1. The highest BCUT2D eigenvalue weighted by Gasteiger charge is 2.25. The van der Waals surface area contributed by atoms with Crippen LogP contribution < -0.4 is 16.4 Å². The fourth-order valence-corrected chi connectivity index (χ4v) is 1.68. The number of carbonyl (C=O) groups excluding carboxylic acids is 1. The number of nitrogens with one attached hydrogen (secondary N) is 2. The number of nitrogens with two attached hydrogens (primary N) is 1. The maximum atomic E-state index is 11.8. The Hall–Kier alpha value is -1.76. The topological polar surface area (TPSA) is 92.9 Å². The third-order valence-electron chi connectivity index (χ3n) is 2.77. The third kappa shape index (κ3) is 3.85. The number of hydrogen-bond acceptors (Lipinski definition) is 5. The molecule has 1 unspecified atom stereocenters. The van der Waals surface area contributed by atoms with Gasteiger partial charge in [0.15, 0.2) is 0 Å². The van der Waals surface area contributed by atoms with Crippen molar-refractivity contribution in [1.29, 1.82) is 0 Å². The van der Waals surface area contributed by atoms with Gasteiger partial charge in [0.25, 0.3) is 0 Å². The molecule has 19 heavy (non-hydrogen) atoms. The summed E-state index contributed by atoms with van der Waals surface area (Å²) in [7, 11) is 0. The van der Waals surface area contributed by atoms with Crippen molar-refractivity contribution < 1.29 is 4.79 Å². The molecule has 1 atom stereocenters. The molecule has 4 N–H and O–H groups in total. The lowest BCUT2D eigenvalue weighted by Gasteiger charge is -2.14. The number of thiocarbonyl (C=S) groups is 1. The monoisotopic (exact) mass is 279 g/mol. The Morgan fingerprint density at radius 3 is 2.79 bits per heavy atom. The van der Waals surface area contributed by atoms with E-state index in [0.717, 1.165) is 18.5 Å². The van der Waals surface area contributed by atoms with Gasteiger partial charge in [-0.05, 0) is 32.8 Å². The lowest BCUT2D eigenvalue weighted by Crippen LogP contribution is -2.39. The second-order valence-electron chi connectivity index (χ2n) is 4.73. The van der Waals surface area contributed by atoms with E-state index in [0.29, 0.717) is 17.7 Å². The molecule has 102 valence electrons. The van der Waals surface area contributed by atoms with Crippen molar-refractivity contribution in [1.82, 2.24) is 15.3 Å². The summed E-state index contributed by atoms with van der Waals surface area (Å²) in [5, 5.41) is 5.88. The molecule has 0 saturated heterocycles. The molecule has 7 heteroatoms. The lowest BCUT2D eigenvalue weighted by molar-refractivity contribution is -0.121. The first-order chi connectivity index (χ1) is 8.95. The van der Waals surface area contributed by atoms with E-state index >= 15 is 0 Å². The van der Waals surface area contributed by atoms with Crippen LogP contribution >= 0.6 is 12.2 Å². The van der Waals surface area contributed by atoms with Crippen molar-refractivity contribution in [3.05, 3.63) is 17.5 Å². The first kappa shape index (κ1) is 13.7. The van der Waals surface area contributed by atoms with Crippen LogP contribution in [0.25, 0.3) is 0 Å². The van der Waals surface area contributed by atoms with Gasteiger partial charge in [-0.25, -0.2) is 9.97 Å². The van der Waals surface area contributed by atoms with Gasteiger partial charge in [0.1, 0.15) is 16.7 Å². The van der Waals surface area contributed by atoms with Crippen LogP contribution in [-0.2, 0) is 4.79 Å². The van der Waals surface area contributed by atoms with E-state index in [9.17, 15) is 4.79 Å². The highest BCUT2D eigenvalue weighted by Crippen LogP contribution is 2.18. The van der Waals surface area contributed by atoms with Gasteiger partial charge < -0.3 is 16.4 Å². The number of aromatic nitrogens is 2. The van der Waals surface area contributed by atoms with E-state index in [1.54, 1.807) is 13.0 Å². The average Bonchev–Trinajstić information content (AvgIpc) is 3.11. The fraction of sp³-hybridized carbons (Fsp3) is 0.500. The molecule has 0 aliphatic heterocycles. The van der Waals surface area contributed by atoms with Crippen LogP contribution in [0.2, 0.25) is 0 Å². The zero-order chi connectivity index (χ0) is 14.0. The molecule has 1 amide bonds. The van der Waals surface area contributed by atoms with Crippen molar-refractivity contribution in [2.24, 2.45) is 5.73 Å². The van der Waals surface area contributed by atoms with Crippen molar-refractivity contribution in [3.63, 3.8) is 0 Å². The van der Waals surface area contributed by atoms with Crippen molar-refractivity contribution in [3.8, 4) is 0 Å². The molecule has 1 aromatic rings. The van der Waals surface area contributed by atoms with Crippen molar-refractivity contribution in [2.45, 2.75) is 38.8 Å². The van der Waals surface area contributed by atoms with Crippen LogP contribution in [0.5, 0.6) is 0 Å². The van der Waals surface area contributed by atoms with Crippen molar-refractivity contribution >= 4 is 29.1 Å². The number of nitrogens with zero attached hydrogens (tertiary/aromatic N) is 2. The molecule has 1 aliphatic rings. The predicted molar refractivity (Wildman–Crippen MR) is 76.9 cm³/mol. The minimum Gasteiger partial charge on any atom is -0.388 e. The van der Waals surface area contributed by atoms with Gasteiger partial charge in [-0.2, -0.15) is 0 Å². The van der Waals surface area contributed by atoms with Gasteiger partial charge >= 0.3 is 0 Å². The van der Waals surface area contributed by atoms with Crippen LogP contribution in [0.1, 0.15) is 31.2 Å². The standard InChI is InChI=1S/C12H17N5OS/c1-6-5-9(10(13)19)17-12(14-6)15-7(2)11(18)16-8-3-4-8/h5,7-8H,3-4H2,1-2H3,(H2,13,19)(H,16,18)(H,14,15,17). The fourth-order valence-electron chi connectivity index (χ4n) is 1.57. The largest absolute Gasteiger partial charge is 0.388 e. The number of hydrogen-bond donors (Lipinski definition) is 3. The summed E-state index contributed by atoms with van der Waals surface area (Å²) in [5.74, 6) is 0.311. The van der Waals surface area contributed by atoms with Crippen LogP contribution in [0.15, 0.2) is 6.07 Å². The second kappa shape index (κ2) is 5.48. The molecule has 1 saturated carbocycles. The molecule has 1 fully saturated rings. The van der Waals surface area contributed by atoms with Gasteiger partial charge in [0.05, 0.1) is 0 Å². The van der Waals surface area contributed by atoms with Gasteiger partial charge in [0, 0.05) is 11.7 Å². The smallest absolute Gasteiger partial charge is 0.242 e. The molecule has 0 aromatic carbocycles. The molecule has 1 aromatic heterocycles. The van der Waals surface area contributed by atoms with E-state index in [1.165, 1.54) is 0 Å². The van der Waals surface area contributed by atoms with Crippen LogP contribution in [0, 0.1) is 6.92 Å². The molecule has 0 radical (unpaired) electrons. The average molecular weight is 279 g/mol. The normalized spacial score (nSPS) is 15.7. The highest BCUT2D eigenvalue weighted by molar-refractivity contribution is 7.80. The number of carbonyl (C=O) groups is 1. The Labute approximate surface area is 117 Å². The molecule has 0 spiro atoms. The van der Waals surface area contributed by atoms with Gasteiger partial charge in [-0.1, -0.05) is 12.2 Å². The Balaban J connectivity index is 2.04. The molecular weight excluding hydrogens is 262 g/mol. The zero-order valence-electron chi connectivity index (χ0n) is 10.9. The number of aryl methyl sites for hydroxylation is 1. The van der Waals surface area contributed by atoms with Gasteiger partial charge in [-0.3, -0.25) is 4.79 Å². The Morgan fingerprint density at radius 1 is 1.53 bits per heavy atom. The van der Waals surface area contributed by atoms with Crippen LogP contribution in [0.4, 0.5) is 5.95 Å². The summed E-state index contributed by atoms with van der Waals surface area (Å²) in [5.41, 5.74) is 6.80. The number of amides is 1. The summed E-state index contributed by atoms with van der Waals surface area (Å²) < 4.78 is 0. The van der Waals surface area contributed by atoms with Crippen LogP contribution in [-0.4, -0.2) is 32.9 Å². The number of rotatable bonds is 5. The van der Waals surface area contributed by atoms with E-state index in [4.69, 9.17) is 18.0 Å². The maximum absolute atomic E-state index is 11.8. The first-order valence-corrected chi connectivity index (χ1v) is 6.59. The van der Waals surface area contributed by atoms with Crippen LogP contribution in [0.3, 0.4) is 0 Å². The molecule has 2 rings (SSSR count). The molecule has 1 heterocycles. The first-order valence-electron chi connectivity index (χ1n) is 6.18. The van der Waals surface area contributed by atoms with E-state index in [1.807, 2.05) is 6.92 Å². The second-order valence-corrected chi connectivity index (χ2v) is 5.17. The van der Waals surface area contributed by atoms with E-state index < -0.39 is 6.04 Å². The van der Waals surface area contributed by atoms with Gasteiger partial charge in [-0.15, -0.1) is 0 Å². The minimum absolute atomic E-state index is 0.0514. The molecular formula is C12H17N5OS. The molecule has 0 bridgehead atoms. The minimum atomic E-state index is -0.401. The molecule has 6 nitrogen and oxygen atoms in total. The van der Waals surface area contributed by atoms with Gasteiger partial charge in [0.2, 0.25) is 11.9 Å². The van der Waals surface area contributed by atoms with Crippen molar-refractivity contribution in [2.75, 3.05) is 5.32 Å². The Morgan fingerprint density at radius 2 is 2.21 bits per heavy atom. The van der Waals surface area contributed by atoms with E-state index in [2.05, 4.69) is 20.6 Å². The summed E-state index contributed by atoms with van der Waals surface area (Å²) >= 11 is 4.89. The maximum Gasteiger partial charge on any atom is 0.242 e. The lowest BCUT2D eigenvalue weighted by atomic mass is 10.3. The Kier molecular flexibility index (Phi) is 3.94.